The average Bonchev–Trinajstić information content (AvgIpc) is 3.50. The zero-order valence-corrected chi connectivity index (χ0v) is 22.1. The van der Waals surface area contributed by atoms with Gasteiger partial charge in [0.2, 0.25) is 0 Å². The van der Waals surface area contributed by atoms with Crippen LogP contribution >= 0.6 is 11.3 Å². The summed E-state index contributed by atoms with van der Waals surface area (Å²) in [5.74, 6) is 1.84. The summed E-state index contributed by atoms with van der Waals surface area (Å²) in [6, 6.07) is 6.49. The van der Waals surface area contributed by atoms with E-state index in [4.69, 9.17) is 9.47 Å². The molecule has 4 heterocycles. The third-order valence-electron chi connectivity index (χ3n) is 7.95. The Hall–Kier alpha value is -3.08. The molecule has 9 nitrogen and oxygen atoms in total. The molecular formula is C27H31N5O4S. The van der Waals surface area contributed by atoms with Gasteiger partial charge in [0.05, 0.1) is 31.5 Å². The molecule has 37 heavy (non-hydrogen) atoms. The lowest BCUT2D eigenvalue weighted by Crippen LogP contribution is -2.41. The standard InChI is InChI=1S/C27H31N5O4S/c1-15-13-29-22-23-24(37-25(22)30-15)26(33)32(27(34)31(23)11-12-35-2)10-9-19-21-16(14-28-19)7-8-17-18(21)5-4-6-20(17)36-3/h4-6,13,16,19,21,28H,7-12,14H2,1-3H3/t16-,19?,21+/m0/s1. The number of methoxy groups -OCH3 is 2. The highest BCUT2D eigenvalue weighted by molar-refractivity contribution is 7.25. The fraction of sp³-hybridized carbons (Fsp3) is 0.481. The lowest BCUT2D eigenvalue weighted by molar-refractivity contribution is 0.186. The molecule has 0 spiro atoms. The minimum absolute atomic E-state index is 0.180. The second kappa shape index (κ2) is 9.66. The number of thiophene rings is 1. The van der Waals surface area contributed by atoms with Crippen molar-refractivity contribution >= 4 is 31.9 Å². The van der Waals surface area contributed by atoms with Crippen LogP contribution in [0.25, 0.3) is 20.6 Å². The van der Waals surface area contributed by atoms with Gasteiger partial charge in [-0.25, -0.2) is 14.8 Å². The van der Waals surface area contributed by atoms with Crippen molar-refractivity contribution < 1.29 is 9.47 Å². The number of benzene rings is 1. The number of ether oxygens (including phenoxy) is 2. The zero-order valence-electron chi connectivity index (χ0n) is 21.3. The topological polar surface area (TPSA) is 100 Å². The number of hydrogen-bond donors (Lipinski definition) is 1. The van der Waals surface area contributed by atoms with Crippen LogP contribution < -0.4 is 21.3 Å². The van der Waals surface area contributed by atoms with Crippen molar-refractivity contribution in [3.8, 4) is 5.75 Å². The van der Waals surface area contributed by atoms with Crippen LogP contribution in [0.5, 0.6) is 5.75 Å². The Morgan fingerprint density at radius 2 is 2.05 bits per heavy atom. The Bertz CT molecular complexity index is 1610. The van der Waals surface area contributed by atoms with Crippen LogP contribution in [-0.4, -0.2) is 52.5 Å². The quantitative estimate of drug-likeness (QED) is 0.399. The summed E-state index contributed by atoms with van der Waals surface area (Å²) in [5, 5.41) is 3.70. The summed E-state index contributed by atoms with van der Waals surface area (Å²) in [6.45, 7) is 3.86. The van der Waals surface area contributed by atoms with Gasteiger partial charge in [-0.1, -0.05) is 12.1 Å². The van der Waals surface area contributed by atoms with E-state index in [1.165, 1.54) is 27.0 Å². The average molecular weight is 522 g/mol. The predicted octanol–water partition coefficient (Wildman–Crippen LogP) is 2.84. The van der Waals surface area contributed by atoms with Crippen molar-refractivity contribution in [3.63, 3.8) is 0 Å². The number of nitrogens with one attached hydrogen (secondary N) is 1. The van der Waals surface area contributed by atoms with E-state index in [-0.39, 0.29) is 17.3 Å². The summed E-state index contributed by atoms with van der Waals surface area (Å²) >= 11 is 1.31. The Morgan fingerprint density at radius 3 is 2.86 bits per heavy atom. The van der Waals surface area contributed by atoms with Gasteiger partial charge in [-0.3, -0.25) is 13.9 Å². The second-order valence-corrected chi connectivity index (χ2v) is 11.0. The lowest BCUT2D eigenvalue weighted by atomic mass is 9.73. The van der Waals surface area contributed by atoms with Crippen molar-refractivity contribution in [2.45, 2.75) is 51.2 Å². The highest BCUT2D eigenvalue weighted by atomic mass is 32.1. The first kappa shape index (κ1) is 24.3. The van der Waals surface area contributed by atoms with Gasteiger partial charge in [-0.2, -0.15) is 0 Å². The number of hydrogen-bond acceptors (Lipinski definition) is 8. The summed E-state index contributed by atoms with van der Waals surface area (Å²) in [4.78, 5) is 37.1. The van der Waals surface area contributed by atoms with Crippen molar-refractivity contribution in [2.24, 2.45) is 5.92 Å². The molecule has 4 aromatic rings. The lowest BCUT2D eigenvalue weighted by Gasteiger charge is -2.32. The van der Waals surface area contributed by atoms with Gasteiger partial charge in [0.15, 0.2) is 0 Å². The predicted molar refractivity (Wildman–Crippen MR) is 144 cm³/mol. The smallest absolute Gasteiger partial charge is 0.331 e. The Labute approximate surface area is 218 Å². The molecule has 1 fully saturated rings. The number of nitrogens with zero attached hydrogens (tertiary/aromatic N) is 4. The molecule has 1 aliphatic heterocycles. The van der Waals surface area contributed by atoms with Crippen molar-refractivity contribution in [3.05, 3.63) is 62.1 Å². The first-order valence-electron chi connectivity index (χ1n) is 12.8. The molecule has 1 saturated heterocycles. The molecule has 3 atom stereocenters. The maximum Gasteiger partial charge on any atom is 0.331 e. The molecule has 0 bridgehead atoms. The van der Waals surface area contributed by atoms with Gasteiger partial charge >= 0.3 is 5.69 Å². The molecule has 10 heteroatoms. The van der Waals surface area contributed by atoms with Gasteiger partial charge in [-0.15, -0.1) is 11.3 Å². The Morgan fingerprint density at radius 1 is 1.19 bits per heavy atom. The van der Waals surface area contributed by atoms with Crippen molar-refractivity contribution in [1.29, 1.82) is 0 Å². The van der Waals surface area contributed by atoms with Crippen molar-refractivity contribution in [1.82, 2.24) is 24.4 Å². The van der Waals surface area contributed by atoms with Crippen LogP contribution in [0.1, 0.15) is 35.6 Å². The Kier molecular flexibility index (Phi) is 6.34. The van der Waals surface area contributed by atoms with Crippen LogP contribution in [0.4, 0.5) is 0 Å². The second-order valence-electron chi connectivity index (χ2n) is 9.98. The molecule has 1 aromatic carbocycles. The number of fused-ring (bicyclic) bond motifs is 6. The van der Waals surface area contributed by atoms with Gasteiger partial charge in [0.25, 0.3) is 5.56 Å². The van der Waals surface area contributed by atoms with E-state index in [1.807, 2.05) is 13.0 Å². The molecule has 194 valence electrons. The first-order chi connectivity index (χ1) is 18.0. The van der Waals surface area contributed by atoms with E-state index in [0.717, 1.165) is 30.8 Å². The van der Waals surface area contributed by atoms with E-state index in [2.05, 4.69) is 27.4 Å². The summed E-state index contributed by atoms with van der Waals surface area (Å²) in [6.07, 6.45) is 4.48. The summed E-state index contributed by atoms with van der Waals surface area (Å²) in [5.41, 5.74) is 3.97. The molecule has 0 radical (unpaired) electrons. The summed E-state index contributed by atoms with van der Waals surface area (Å²) < 4.78 is 14.5. The number of rotatable bonds is 7. The van der Waals surface area contributed by atoms with E-state index in [9.17, 15) is 9.59 Å². The van der Waals surface area contributed by atoms with Gasteiger partial charge in [0, 0.05) is 31.8 Å². The van der Waals surface area contributed by atoms with Crippen LogP contribution in [0, 0.1) is 12.8 Å². The minimum atomic E-state index is -0.322. The van der Waals surface area contributed by atoms with Crippen molar-refractivity contribution in [2.75, 3.05) is 27.4 Å². The zero-order chi connectivity index (χ0) is 25.7. The van der Waals surface area contributed by atoms with Gasteiger partial charge in [-0.05, 0) is 55.8 Å². The van der Waals surface area contributed by atoms with Gasteiger partial charge < -0.3 is 14.8 Å². The maximum absolute atomic E-state index is 13.7. The molecular weight excluding hydrogens is 490 g/mol. The first-order valence-corrected chi connectivity index (χ1v) is 13.6. The molecule has 2 aliphatic rings. The van der Waals surface area contributed by atoms with Crippen LogP contribution in [0.2, 0.25) is 0 Å². The fourth-order valence-corrected chi connectivity index (χ4v) is 7.38. The molecule has 1 aliphatic carbocycles. The fourth-order valence-electron chi connectivity index (χ4n) is 6.25. The molecule has 3 aromatic heterocycles. The highest BCUT2D eigenvalue weighted by Crippen LogP contribution is 2.45. The largest absolute Gasteiger partial charge is 0.496 e. The molecule has 1 unspecified atom stereocenters. The highest BCUT2D eigenvalue weighted by Gasteiger charge is 2.40. The number of aromatic nitrogens is 4. The third kappa shape index (κ3) is 3.98. The molecule has 0 saturated carbocycles. The Balaban J connectivity index is 1.38. The van der Waals surface area contributed by atoms with E-state index in [0.29, 0.717) is 58.5 Å². The van der Waals surface area contributed by atoms with Crippen LogP contribution in [0.3, 0.4) is 0 Å². The number of aryl methyl sites for hydroxylation is 1. The van der Waals surface area contributed by atoms with E-state index < -0.39 is 0 Å². The van der Waals surface area contributed by atoms with Crippen LogP contribution in [-0.2, 0) is 24.2 Å². The normalized spacial score (nSPS) is 20.9. The third-order valence-corrected chi connectivity index (χ3v) is 9.00. The molecule has 6 rings (SSSR count). The van der Waals surface area contributed by atoms with Gasteiger partial charge in [0.1, 0.15) is 20.8 Å². The van der Waals surface area contributed by atoms with Crippen LogP contribution in [0.15, 0.2) is 34.0 Å². The SMILES string of the molecule is COCCn1c(=O)n(CCC2NC[C@@H]3CCc4c(OC)cccc4[C@H]23)c(=O)c2sc3nc(C)cnc3c21. The van der Waals surface area contributed by atoms with E-state index >= 15 is 0 Å². The monoisotopic (exact) mass is 521 g/mol. The van der Waals surface area contributed by atoms with E-state index in [1.54, 1.807) is 25.0 Å². The maximum atomic E-state index is 13.7. The summed E-state index contributed by atoms with van der Waals surface area (Å²) in [7, 11) is 3.33. The molecule has 1 N–H and O–H groups in total. The molecule has 0 amide bonds. The minimum Gasteiger partial charge on any atom is -0.496 e.